The van der Waals surface area contributed by atoms with Crippen molar-refractivity contribution in [3.8, 4) is 0 Å². The lowest BCUT2D eigenvalue weighted by atomic mass is 10.2. The Morgan fingerprint density at radius 3 is 2.86 bits per heavy atom. The summed E-state index contributed by atoms with van der Waals surface area (Å²) in [5.74, 6) is 0. The molecule has 0 heterocycles. The smallest absolute Gasteiger partial charge is 0.0575 e. The topological polar surface area (TPSA) is 38.0 Å². The highest BCUT2D eigenvalue weighted by Gasteiger charge is 2.02. The monoisotopic (exact) mass is 230 g/mol. The van der Waals surface area contributed by atoms with Crippen LogP contribution in [0.3, 0.4) is 0 Å². The summed E-state index contributed by atoms with van der Waals surface area (Å²) in [5.41, 5.74) is 7.45. The first kappa shape index (κ1) is 11.5. The molecule has 0 saturated carbocycles. The molecule has 1 atom stereocenters. The van der Waals surface area contributed by atoms with E-state index in [0.29, 0.717) is 16.0 Å². The largest absolute Gasteiger partial charge is 0.397 e. The van der Waals surface area contributed by atoms with Gasteiger partial charge in [0.25, 0.3) is 0 Å². The third-order valence-corrected chi connectivity index (χ3v) is 3.20. The van der Waals surface area contributed by atoms with Crippen LogP contribution in [-0.4, -0.2) is 18.1 Å². The summed E-state index contributed by atoms with van der Waals surface area (Å²) in [4.78, 5) is 0. The van der Waals surface area contributed by atoms with Crippen LogP contribution < -0.4 is 11.1 Å². The van der Waals surface area contributed by atoms with Crippen LogP contribution in [0.4, 0.5) is 11.4 Å². The van der Waals surface area contributed by atoms with Crippen molar-refractivity contribution in [2.24, 2.45) is 0 Å². The highest BCUT2D eigenvalue weighted by molar-refractivity contribution is 7.99. The molecule has 1 unspecified atom stereocenters. The zero-order chi connectivity index (χ0) is 10.6. The van der Waals surface area contributed by atoms with Crippen molar-refractivity contribution in [1.29, 1.82) is 0 Å². The van der Waals surface area contributed by atoms with Gasteiger partial charge >= 0.3 is 0 Å². The third-order valence-electron chi connectivity index (χ3n) is 2.00. The van der Waals surface area contributed by atoms with Crippen LogP contribution in [0.5, 0.6) is 0 Å². The van der Waals surface area contributed by atoms with Crippen LogP contribution in [0.15, 0.2) is 18.2 Å². The molecule has 1 aromatic rings. The van der Waals surface area contributed by atoms with E-state index in [1.54, 1.807) is 6.07 Å². The van der Waals surface area contributed by atoms with Gasteiger partial charge in [-0.05, 0) is 24.5 Å². The van der Waals surface area contributed by atoms with Crippen LogP contribution in [0.2, 0.25) is 5.02 Å². The number of benzene rings is 1. The molecule has 14 heavy (non-hydrogen) atoms. The number of nitrogens with two attached hydrogens (primary N) is 1. The molecule has 0 saturated heterocycles. The average Bonchev–Trinajstić information content (AvgIpc) is 2.16. The van der Waals surface area contributed by atoms with Gasteiger partial charge in [-0.2, -0.15) is 11.8 Å². The average molecular weight is 231 g/mol. The number of hydrogen-bond donors (Lipinski definition) is 2. The Morgan fingerprint density at radius 2 is 2.29 bits per heavy atom. The molecule has 4 heteroatoms. The van der Waals surface area contributed by atoms with Crippen molar-refractivity contribution < 1.29 is 0 Å². The summed E-state index contributed by atoms with van der Waals surface area (Å²) in [6, 6.07) is 5.50. The molecular weight excluding hydrogens is 216 g/mol. The summed E-state index contributed by atoms with van der Waals surface area (Å²) >= 11 is 7.62. The van der Waals surface area contributed by atoms with E-state index in [-0.39, 0.29) is 0 Å². The minimum absolute atomic E-state index is 0.574. The normalized spacial score (nSPS) is 12.5. The van der Waals surface area contributed by atoms with E-state index in [0.717, 1.165) is 12.2 Å². The fourth-order valence-corrected chi connectivity index (χ4v) is 1.46. The van der Waals surface area contributed by atoms with Gasteiger partial charge in [0.05, 0.1) is 11.4 Å². The molecule has 0 aliphatic carbocycles. The van der Waals surface area contributed by atoms with Crippen molar-refractivity contribution in [2.45, 2.75) is 12.2 Å². The van der Waals surface area contributed by atoms with Gasteiger partial charge in [0, 0.05) is 16.8 Å². The predicted octanol–water partition coefficient (Wildman–Crippen LogP) is 3.09. The van der Waals surface area contributed by atoms with Crippen LogP contribution in [0.1, 0.15) is 6.92 Å². The van der Waals surface area contributed by atoms with E-state index >= 15 is 0 Å². The Labute approximate surface area is 94.2 Å². The van der Waals surface area contributed by atoms with E-state index < -0.39 is 0 Å². The lowest BCUT2D eigenvalue weighted by Gasteiger charge is -2.12. The molecule has 0 spiro atoms. The van der Waals surface area contributed by atoms with E-state index in [1.807, 2.05) is 23.9 Å². The van der Waals surface area contributed by atoms with Gasteiger partial charge < -0.3 is 11.1 Å². The molecule has 0 bridgehead atoms. The quantitative estimate of drug-likeness (QED) is 0.781. The summed E-state index contributed by atoms with van der Waals surface area (Å²) < 4.78 is 0. The van der Waals surface area contributed by atoms with Gasteiger partial charge in [-0.15, -0.1) is 0 Å². The van der Waals surface area contributed by atoms with Crippen molar-refractivity contribution in [1.82, 2.24) is 0 Å². The summed E-state index contributed by atoms with van der Waals surface area (Å²) in [7, 11) is 0. The lowest BCUT2D eigenvalue weighted by Crippen LogP contribution is -2.13. The number of thioether (sulfide) groups is 1. The zero-order valence-electron chi connectivity index (χ0n) is 8.38. The number of anilines is 2. The van der Waals surface area contributed by atoms with E-state index in [2.05, 4.69) is 18.5 Å². The van der Waals surface area contributed by atoms with Gasteiger partial charge in [-0.3, -0.25) is 0 Å². The second-order valence-electron chi connectivity index (χ2n) is 3.16. The molecule has 1 aromatic carbocycles. The molecule has 78 valence electrons. The van der Waals surface area contributed by atoms with Gasteiger partial charge in [0.2, 0.25) is 0 Å². The second kappa shape index (κ2) is 5.37. The Balaban J connectivity index is 2.59. The van der Waals surface area contributed by atoms with Crippen LogP contribution in [0, 0.1) is 0 Å². The predicted molar refractivity (Wildman–Crippen MR) is 67.3 cm³/mol. The first-order valence-corrected chi connectivity index (χ1v) is 6.11. The Hall–Kier alpha value is -0.540. The standard InChI is InChI=1S/C10H15ClN2S/c1-7(14-2)6-13-10-4-3-8(11)5-9(10)12/h3-5,7,13H,6,12H2,1-2H3. The minimum atomic E-state index is 0.574. The highest BCUT2D eigenvalue weighted by Crippen LogP contribution is 2.22. The summed E-state index contributed by atoms with van der Waals surface area (Å²) in [5, 5.41) is 4.53. The van der Waals surface area contributed by atoms with Crippen molar-refractivity contribution in [3.63, 3.8) is 0 Å². The Morgan fingerprint density at radius 1 is 1.57 bits per heavy atom. The van der Waals surface area contributed by atoms with Crippen molar-refractivity contribution >= 4 is 34.7 Å². The van der Waals surface area contributed by atoms with Gasteiger partial charge in [-0.1, -0.05) is 18.5 Å². The van der Waals surface area contributed by atoms with Gasteiger partial charge in [0.15, 0.2) is 0 Å². The molecule has 2 nitrogen and oxygen atoms in total. The molecular formula is C10H15ClN2S. The molecule has 0 aliphatic rings. The molecule has 1 rings (SSSR count). The van der Waals surface area contributed by atoms with Crippen molar-refractivity contribution in [3.05, 3.63) is 23.2 Å². The Bertz CT molecular complexity index is 304. The van der Waals surface area contributed by atoms with Gasteiger partial charge in [-0.25, -0.2) is 0 Å². The molecule has 3 N–H and O–H groups in total. The number of rotatable bonds is 4. The maximum atomic E-state index is 5.80. The first-order chi connectivity index (χ1) is 6.63. The van der Waals surface area contributed by atoms with E-state index in [9.17, 15) is 0 Å². The van der Waals surface area contributed by atoms with Crippen LogP contribution >= 0.6 is 23.4 Å². The van der Waals surface area contributed by atoms with Crippen molar-refractivity contribution in [2.75, 3.05) is 23.9 Å². The maximum Gasteiger partial charge on any atom is 0.0575 e. The maximum absolute atomic E-state index is 5.80. The number of halogens is 1. The fraction of sp³-hybridized carbons (Fsp3) is 0.400. The Kier molecular flexibility index (Phi) is 4.42. The third kappa shape index (κ3) is 3.31. The van der Waals surface area contributed by atoms with E-state index in [4.69, 9.17) is 17.3 Å². The number of hydrogen-bond acceptors (Lipinski definition) is 3. The highest BCUT2D eigenvalue weighted by atomic mass is 35.5. The zero-order valence-corrected chi connectivity index (χ0v) is 9.95. The summed E-state index contributed by atoms with van der Waals surface area (Å²) in [6.45, 7) is 3.08. The summed E-state index contributed by atoms with van der Waals surface area (Å²) in [6.07, 6.45) is 2.09. The van der Waals surface area contributed by atoms with E-state index in [1.165, 1.54) is 0 Å². The minimum Gasteiger partial charge on any atom is -0.397 e. The van der Waals surface area contributed by atoms with Crippen LogP contribution in [-0.2, 0) is 0 Å². The van der Waals surface area contributed by atoms with Gasteiger partial charge in [0.1, 0.15) is 0 Å². The molecule has 0 fully saturated rings. The second-order valence-corrected chi connectivity index (χ2v) is 4.87. The SMILES string of the molecule is CSC(C)CNc1ccc(Cl)cc1N. The number of nitrogen functional groups attached to an aromatic ring is 1. The molecule has 0 radical (unpaired) electrons. The lowest BCUT2D eigenvalue weighted by molar-refractivity contribution is 1.00. The molecule has 0 aromatic heterocycles. The van der Waals surface area contributed by atoms with Crippen LogP contribution in [0.25, 0.3) is 0 Å². The fourth-order valence-electron chi connectivity index (χ4n) is 1.03. The number of nitrogens with one attached hydrogen (secondary N) is 1. The molecule has 0 amide bonds. The molecule has 0 aliphatic heterocycles. The first-order valence-electron chi connectivity index (χ1n) is 4.45.